The van der Waals surface area contributed by atoms with E-state index in [9.17, 15) is 4.79 Å². The standard InChI is InChI=1S/C22H25N5O2/c1-4-29-21(28)18-12-8-9-13-19(18)24-20-14-23-26-22(25-20)27(16(2)3)15-17-10-6-5-7-11-17/h5-14,16H,4,15H2,1-3H3,(H,24,25,26). The number of benzene rings is 2. The third-order valence-electron chi connectivity index (χ3n) is 4.31. The normalized spacial score (nSPS) is 10.6. The van der Waals surface area contributed by atoms with Crippen molar-refractivity contribution >= 4 is 23.4 Å². The van der Waals surface area contributed by atoms with Gasteiger partial charge in [0.2, 0.25) is 5.95 Å². The molecule has 1 aromatic heterocycles. The van der Waals surface area contributed by atoms with Crippen LogP contribution in [0.2, 0.25) is 0 Å². The van der Waals surface area contributed by atoms with Crippen LogP contribution in [-0.2, 0) is 11.3 Å². The Hall–Kier alpha value is -3.48. The Bertz CT molecular complexity index is 947. The molecule has 7 heteroatoms. The molecule has 150 valence electrons. The zero-order chi connectivity index (χ0) is 20.6. The number of carbonyl (C=O) groups is 1. The van der Waals surface area contributed by atoms with Crippen molar-refractivity contribution in [2.75, 3.05) is 16.8 Å². The summed E-state index contributed by atoms with van der Waals surface area (Å²) in [6, 6.07) is 17.5. The maximum atomic E-state index is 12.2. The number of para-hydroxylation sites is 1. The van der Waals surface area contributed by atoms with Crippen LogP contribution in [0, 0.1) is 0 Å². The second-order valence-electron chi connectivity index (χ2n) is 6.74. The number of hydrogen-bond acceptors (Lipinski definition) is 7. The highest BCUT2D eigenvalue weighted by Gasteiger charge is 2.17. The number of hydrogen-bond donors (Lipinski definition) is 1. The average Bonchev–Trinajstić information content (AvgIpc) is 2.73. The van der Waals surface area contributed by atoms with Crippen molar-refractivity contribution in [1.29, 1.82) is 0 Å². The highest BCUT2D eigenvalue weighted by molar-refractivity contribution is 5.96. The van der Waals surface area contributed by atoms with E-state index in [0.29, 0.717) is 36.2 Å². The van der Waals surface area contributed by atoms with E-state index >= 15 is 0 Å². The first kappa shape index (κ1) is 20.3. The highest BCUT2D eigenvalue weighted by Crippen LogP contribution is 2.22. The molecule has 0 aliphatic heterocycles. The summed E-state index contributed by atoms with van der Waals surface area (Å²) in [5.74, 6) is 0.638. The molecule has 0 amide bonds. The molecule has 0 spiro atoms. The lowest BCUT2D eigenvalue weighted by molar-refractivity contribution is 0.0527. The van der Waals surface area contributed by atoms with Crippen LogP contribution in [0.1, 0.15) is 36.7 Å². The number of nitrogens with zero attached hydrogens (tertiary/aromatic N) is 4. The summed E-state index contributed by atoms with van der Waals surface area (Å²) in [7, 11) is 0. The molecule has 0 unspecified atom stereocenters. The Labute approximate surface area is 170 Å². The monoisotopic (exact) mass is 391 g/mol. The predicted octanol–water partition coefficient (Wildman–Crippen LogP) is 4.21. The van der Waals surface area contributed by atoms with E-state index in [1.807, 2.05) is 24.3 Å². The Kier molecular flexibility index (Phi) is 6.73. The molecular formula is C22H25N5O2. The summed E-state index contributed by atoms with van der Waals surface area (Å²) < 4.78 is 5.13. The Morgan fingerprint density at radius 1 is 1.10 bits per heavy atom. The van der Waals surface area contributed by atoms with E-state index < -0.39 is 0 Å². The summed E-state index contributed by atoms with van der Waals surface area (Å²) in [5.41, 5.74) is 2.21. The fraction of sp³-hybridized carbons (Fsp3) is 0.273. The van der Waals surface area contributed by atoms with Gasteiger partial charge in [-0.2, -0.15) is 10.1 Å². The van der Waals surface area contributed by atoms with E-state index in [-0.39, 0.29) is 12.0 Å². The van der Waals surface area contributed by atoms with Crippen LogP contribution in [0.4, 0.5) is 17.5 Å². The first-order valence-electron chi connectivity index (χ1n) is 9.62. The van der Waals surface area contributed by atoms with Crippen molar-refractivity contribution in [2.24, 2.45) is 0 Å². The van der Waals surface area contributed by atoms with Gasteiger partial charge < -0.3 is 15.0 Å². The zero-order valence-corrected chi connectivity index (χ0v) is 16.9. The van der Waals surface area contributed by atoms with Gasteiger partial charge >= 0.3 is 5.97 Å². The molecule has 0 radical (unpaired) electrons. The second-order valence-corrected chi connectivity index (χ2v) is 6.74. The molecule has 0 fully saturated rings. The average molecular weight is 391 g/mol. The smallest absolute Gasteiger partial charge is 0.340 e. The van der Waals surface area contributed by atoms with E-state index in [1.54, 1.807) is 25.1 Å². The predicted molar refractivity (Wildman–Crippen MR) is 113 cm³/mol. The lowest BCUT2D eigenvalue weighted by atomic mass is 10.2. The van der Waals surface area contributed by atoms with Gasteiger partial charge in [-0.05, 0) is 38.5 Å². The maximum Gasteiger partial charge on any atom is 0.340 e. The van der Waals surface area contributed by atoms with Crippen LogP contribution in [0.3, 0.4) is 0 Å². The van der Waals surface area contributed by atoms with Gasteiger partial charge in [0.1, 0.15) is 0 Å². The molecule has 2 aromatic carbocycles. The molecule has 29 heavy (non-hydrogen) atoms. The third-order valence-corrected chi connectivity index (χ3v) is 4.31. The Morgan fingerprint density at radius 3 is 2.55 bits per heavy atom. The second kappa shape index (κ2) is 9.64. The van der Waals surface area contributed by atoms with Crippen LogP contribution < -0.4 is 10.2 Å². The van der Waals surface area contributed by atoms with Crippen LogP contribution in [0.5, 0.6) is 0 Å². The van der Waals surface area contributed by atoms with Gasteiger partial charge in [-0.1, -0.05) is 42.5 Å². The van der Waals surface area contributed by atoms with Gasteiger partial charge in [0.15, 0.2) is 5.82 Å². The van der Waals surface area contributed by atoms with Gasteiger partial charge in [0.05, 0.1) is 24.1 Å². The number of esters is 1. The van der Waals surface area contributed by atoms with E-state index in [1.165, 1.54) is 6.20 Å². The number of aromatic nitrogens is 3. The molecule has 0 bridgehead atoms. The first-order valence-corrected chi connectivity index (χ1v) is 9.62. The topological polar surface area (TPSA) is 80.2 Å². The fourth-order valence-electron chi connectivity index (χ4n) is 2.86. The van der Waals surface area contributed by atoms with E-state index in [0.717, 1.165) is 5.56 Å². The molecule has 1 heterocycles. The minimum Gasteiger partial charge on any atom is -0.462 e. The molecule has 7 nitrogen and oxygen atoms in total. The Balaban J connectivity index is 1.85. The molecule has 3 aromatic rings. The van der Waals surface area contributed by atoms with Crippen molar-refractivity contribution in [2.45, 2.75) is 33.4 Å². The van der Waals surface area contributed by atoms with Gasteiger partial charge in [0, 0.05) is 12.6 Å². The number of ether oxygens (including phenoxy) is 1. The van der Waals surface area contributed by atoms with Crippen LogP contribution in [-0.4, -0.2) is 33.8 Å². The Morgan fingerprint density at radius 2 is 1.83 bits per heavy atom. The van der Waals surface area contributed by atoms with E-state index in [4.69, 9.17) is 4.74 Å². The molecule has 0 aliphatic rings. The van der Waals surface area contributed by atoms with Gasteiger partial charge in [0.25, 0.3) is 0 Å². The van der Waals surface area contributed by atoms with Crippen molar-refractivity contribution in [1.82, 2.24) is 15.2 Å². The summed E-state index contributed by atoms with van der Waals surface area (Å²) in [6.45, 7) is 6.94. The molecule has 0 aliphatic carbocycles. The highest BCUT2D eigenvalue weighted by atomic mass is 16.5. The van der Waals surface area contributed by atoms with Crippen LogP contribution in [0.25, 0.3) is 0 Å². The lowest BCUT2D eigenvalue weighted by Crippen LogP contribution is -2.32. The molecule has 0 saturated carbocycles. The number of anilines is 3. The quantitative estimate of drug-likeness (QED) is 0.576. The zero-order valence-electron chi connectivity index (χ0n) is 16.9. The van der Waals surface area contributed by atoms with E-state index in [2.05, 4.69) is 51.4 Å². The summed E-state index contributed by atoms with van der Waals surface area (Å²) >= 11 is 0. The van der Waals surface area contributed by atoms with Gasteiger partial charge in [-0.25, -0.2) is 4.79 Å². The van der Waals surface area contributed by atoms with Crippen molar-refractivity contribution in [3.63, 3.8) is 0 Å². The minimum atomic E-state index is -0.384. The first-order chi connectivity index (χ1) is 14.1. The molecule has 0 saturated heterocycles. The lowest BCUT2D eigenvalue weighted by Gasteiger charge is -2.26. The number of rotatable bonds is 8. The molecule has 3 rings (SSSR count). The van der Waals surface area contributed by atoms with Crippen LogP contribution >= 0.6 is 0 Å². The summed E-state index contributed by atoms with van der Waals surface area (Å²) in [5, 5.41) is 11.5. The number of carbonyl (C=O) groups excluding carboxylic acids is 1. The van der Waals surface area contributed by atoms with Gasteiger partial charge in [-0.3, -0.25) is 0 Å². The SMILES string of the molecule is CCOC(=O)c1ccccc1Nc1cnnc(N(Cc2ccccc2)C(C)C)n1. The fourth-order valence-corrected chi connectivity index (χ4v) is 2.86. The molecule has 1 N–H and O–H groups in total. The van der Waals surface area contributed by atoms with Crippen LogP contribution in [0.15, 0.2) is 60.8 Å². The third kappa shape index (κ3) is 5.28. The van der Waals surface area contributed by atoms with Crippen molar-refractivity contribution < 1.29 is 9.53 Å². The summed E-state index contributed by atoms with van der Waals surface area (Å²) in [6.07, 6.45) is 1.53. The maximum absolute atomic E-state index is 12.2. The number of nitrogens with one attached hydrogen (secondary N) is 1. The largest absolute Gasteiger partial charge is 0.462 e. The molecular weight excluding hydrogens is 366 g/mol. The van der Waals surface area contributed by atoms with Crippen molar-refractivity contribution in [3.05, 3.63) is 71.9 Å². The minimum absolute atomic E-state index is 0.180. The summed E-state index contributed by atoms with van der Waals surface area (Å²) in [4.78, 5) is 18.9. The van der Waals surface area contributed by atoms with Gasteiger partial charge in [-0.15, -0.1) is 5.10 Å². The van der Waals surface area contributed by atoms with Crippen molar-refractivity contribution in [3.8, 4) is 0 Å². The molecule has 0 atom stereocenters.